The Kier molecular flexibility index (Phi) is 7.20. The number of fused-ring (bicyclic) bond motifs is 3. The van der Waals surface area contributed by atoms with Crippen LogP contribution in [0.25, 0.3) is 5.76 Å². The first-order valence-corrected chi connectivity index (χ1v) is 12.6. The lowest BCUT2D eigenvalue weighted by atomic mass is 9.59. The first-order valence-electron chi connectivity index (χ1n) is 12.6. The van der Waals surface area contributed by atoms with E-state index in [0.29, 0.717) is 24.9 Å². The summed E-state index contributed by atoms with van der Waals surface area (Å²) in [4.78, 5) is 43.0. The van der Waals surface area contributed by atoms with Crippen molar-refractivity contribution in [3.63, 3.8) is 0 Å². The number of aliphatic hydroxyl groups excluding tert-OH is 2. The molecule has 4 aliphatic rings. The van der Waals surface area contributed by atoms with Gasteiger partial charge in [-0.1, -0.05) is 18.6 Å². The number of aromatic hydroxyl groups is 1. The number of phenols is 1. The minimum absolute atomic E-state index is 0. The van der Waals surface area contributed by atoms with Gasteiger partial charge in [-0.25, -0.2) is 0 Å². The maximum absolute atomic E-state index is 13.8. The van der Waals surface area contributed by atoms with Gasteiger partial charge in [-0.15, -0.1) is 0 Å². The third kappa shape index (κ3) is 4.22. The van der Waals surface area contributed by atoms with E-state index in [0.717, 1.165) is 31.5 Å². The monoisotopic (exact) mass is 513 g/mol. The smallest absolute Gasteiger partial charge is 0.255 e. The van der Waals surface area contributed by atoms with E-state index in [1.165, 1.54) is 6.42 Å². The van der Waals surface area contributed by atoms with E-state index < -0.39 is 46.7 Å². The Labute approximate surface area is 215 Å². The lowest BCUT2D eigenvalue weighted by Crippen LogP contribution is -2.55. The molecule has 0 spiro atoms. The molecule has 0 bridgehead atoms. The molecule has 200 valence electrons. The highest BCUT2D eigenvalue weighted by atomic mass is 16.3. The molecule has 1 aliphatic heterocycles. The zero-order chi connectivity index (χ0) is 25.9. The van der Waals surface area contributed by atoms with Gasteiger partial charge in [0.05, 0.1) is 17.5 Å². The largest absolute Gasteiger partial charge is 0.510 e. The van der Waals surface area contributed by atoms with E-state index in [9.17, 15) is 29.7 Å². The number of hydrogen-bond acceptors (Lipinski definition) is 8. The molecule has 37 heavy (non-hydrogen) atoms. The Morgan fingerprint density at radius 2 is 1.76 bits per heavy atom. The number of hydrogen-bond donors (Lipinski definition) is 4. The molecule has 1 unspecified atom stereocenters. The van der Waals surface area contributed by atoms with Gasteiger partial charge >= 0.3 is 0 Å². The maximum Gasteiger partial charge on any atom is 0.255 e. The molecule has 3 aliphatic carbocycles. The number of primary amides is 1. The number of carbonyl (C=O) groups excluding carboxylic acids is 3. The van der Waals surface area contributed by atoms with Crippen LogP contribution in [-0.4, -0.2) is 81.3 Å². The predicted molar refractivity (Wildman–Crippen MR) is 136 cm³/mol. The van der Waals surface area contributed by atoms with Gasteiger partial charge in [-0.3, -0.25) is 24.2 Å². The van der Waals surface area contributed by atoms with E-state index in [1.807, 2.05) is 12.1 Å². The highest BCUT2D eigenvalue weighted by Crippen LogP contribution is 2.50. The fourth-order valence-electron chi connectivity index (χ4n) is 6.77. The molecule has 1 aromatic rings. The number of allylic oxidation sites excluding steroid dienone is 1. The fraction of sp³-hybridized carbons (Fsp3) is 0.519. The fourth-order valence-corrected chi connectivity index (χ4v) is 6.77. The summed E-state index contributed by atoms with van der Waals surface area (Å²) < 4.78 is 0. The number of nitrogens with zero attached hydrogens (tertiary/aromatic N) is 2. The van der Waals surface area contributed by atoms with E-state index in [1.54, 1.807) is 19.0 Å². The van der Waals surface area contributed by atoms with Crippen LogP contribution in [0, 0.1) is 17.8 Å². The van der Waals surface area contributed by atoms with Crippen molar-refractivity contribution in [2.75, 3.05) is 27.2 Å². The van der Waals surface area contributed by atoms with Gasteiger partial charge in [0.1, 0.15) is 22.8 Å². The molecule has 10 heteroatoms. The number of Topliss-reactive ketones (excluding diaryl/α,β-unsaturated/α-hetero) is 2. The van der Waals surface area contributed by atoms with Crippen molar-refractivity contribution in [3.8, 4) is 5.75 Å². The van der Waals surface area contributed by atoms with Crippen molar-refractivity contribution in [2.45, 2.75) is 44.7 Å². The first kappa shape index (κ1) is 26.8. The summed E-state index contributed by atoms with van der Waals surface area (Å²) in [6, 6.07) is 3.05. The standard InChI is InChI=1S/C27H33N3O6.H2O/c1-29(2)21-16-11-15-10-13-6-7-14(12-30-8-4-3-5-9-30)22(31)17(13)23(32)18(15)24(33)19(16)25(34)20(26(21)35)27(28)36;/h6-7,15-16,19,21,31-32,35H,3-5,8-12H2,1-2H3,(H2,28,36);1H2/t15-,16+,19?,21-;/m0./s1. The summed E-state index contributed by atoms with van der Waals surface area (Å²) in [6.45, 7) is 2.45. The molecule has 7 N–H and O–H groups in total. The molecule has 4 atom stereocenters. The molecule has 1 heterocycles. The molecule has 1 aromatic carbocycles. The second-order valence-electron chi connectivity index (χ2n) is 10.7. The molecule has 2 fully saturated rings. The quantitative estimate of drug-likeness (QED) is 0.341. The Hall–Kier alpha value is -3.21. The topological polar surface area (TPSA) is 176 Å². The Balaban J connectivity index is 0.00000320. The van der Waals surface area contributed by atoms with Gasteiger partial charge in [-0.2, -0.15) is 0 Å². The van der Waals surface area contributed by atoms with E-state index >= 15 is 0 Å². The van der Waals surface area contributed by atoms with Crippen LogP contribution in [0.2, 0.25) is 0 Å². The van der Waals surface area contributed by atoms with Crippen LogP contribution in [0.15, 0.2) is 29.0 Å². The molecular formula is C27H35N3O7. The lowest BCUT2D eigenvalue weighted by Gasteiger charge is -2.46. The molecule has 10 nitrogen and oxygen atoms in total. The minimum Gasteiger partial charge on any atom is -0.510 e. The highest BCUT2D eigenvalue weighted by molar-refractivity contribution is 6.28. The van der Waals surface area contributed by atoms with Crippen LogP contribution in [0.3, 0.4) is 0 Å². The van der Waals surface area contributed by atoms with Crippen molar-refractivity contribution in [2.24, 2.45) is 23.5 Å². The summed E-state index contributed by atoms with van der Waals surface area (Å²) in [5, 5.41) is 33.3. The minimum atomic E-state index is -1.23. The average Bonchev–Trinajstić information content (AvgIpc) is 2.80. The summed E-state index contributed by atoms with van der Waals surface area (Å²) in [5.74, 6) is -5.36. The summed E-state index contributed by atoms with van der Waals surface area (Å²) >= 11 is 0. The lowest BCUT2D eigenvalue weighted by molar-refractivity contribution is -0.136. The van der Waals surface area contributed by atoms with Crippen molar-refractivity contribution in [3.05, 3.63) is 45.7 Å². The SMILES string of the molecule is CN(C)[C@@H]1C(O)=C(C(N)=O)C(=O)C2C(=O)C3=C(O)c4c(ccc(CN5CCCCC5)c4O)C[C@H]3C[C@H]21.O. The van der Waals surface area contributed by atoms with Crippen molar-refractivity contribution in [1.29, 1.82) is 0 Å². The van der Waals surface area contributed by atoms with Crippen LogP contribution in [0.1, 0.15) is 42.4 Å². The van der Waals surface area contributed by atoms with Crippen LogP contribution in [0.5, 0.6) is 5.75 Å². The van der Waals surface area contributed by atoms with Crippen molar-refractivity contribution < 1.29 is 35.2 Å². The van der Waals surface area contributed by atoms with Gasteiger partial charge in [0.25, 0.3) is 5.91 Å². The maximum atomic E-state index is 13.8. The highest BCUT2D eigenvalue weighted by Gasteiger charge is 2.55. The van der Waals surface area contributed by atoms with Crippen LogP contribution >= 0.6 is 0 Å². The normalized spacial score (nSPS) is 28.0. The number of benzene rings is 1. The number of amides is 1. The van der Waals surface area contributed by atoms with Crippen molar-refractivity contribution >= 4 is 23.2 Å². The van der Waals surface area contributed by atoms with Crippen LogP contribution < -0.4 is 5.73 Å². The number of carbonyl (C=O) groups is 3. The Bertz CT molecular complexity index is 1210. The molecule has 1 saturated carbocycles. The zero-order valence-electron chi connectivity index (χ0n) is 21.2. The third-order valence-electron chi connectivity index (χ3n) is 8.36. The summed E-state index contributed by atoms with van der Waals surface area (Å²) in [6.07, 6.45) is 4.19. The van der Waals surface area contributed by atoms with Crippen molar-refractivity contribution in [1.82, 2.24) is 9.80 Å². The van der Waals surface area contributed by atoms with Gasteiger partial charge in [0, 0.05) is 17.7 Å². The number of phenolic OH excluding ortho intramolecular Hbond substituents is 1. The van der Waals surface area contributed by atoms with Crippen LogP contribution in [0.4, 0.5) is 0 Å². The third-order valence-corrected chi connectivity index (χ3v) is 8.36. The van der Waals surface area contributed by atoms with Gasteiger partial charge in [-0.05, 0) is 70.3 Å². The van der Waals surface area contributed by atoms with E-state index in [4.69, 9.17) is 5.73 Å². The molecule has 5 rings (SSSR count). The van der Waals surface area contributed by atoms with Crippen LogP contribution in [-0.2, 0) is 27.3 Å². The van der Waals surface area contributed by atoms with E-state index in [2.05, 4.69) is 4.90 Å². The zero-order valence-corrected chi connectivity index (χ0v) is 21.2. The number of aliphatic hydroxyl groups is 2. The van der Waals surface area contributed by atoms with E-state index in [-0.39, 0.29) is 34.0 Å². The van der Waals surface area contributed by atoms with Gasteiger partial charge in [0.2, 0.25) is 0 Å². The molecule has 1 amide bonds. The number of rotatable bonds is 4. The predicted octanol–water partition coefficient (Wildman–Crippen LogP) is 1.01. The number of ketones is 2. The number of nitrogens with two attached hydrogens (primary N) is 1. The summed E-state index contributed by atoms with van der Waals surface area (Å²) in [7, 11) is 3.41. The molecule has 1 saturated heterocycles. The first-order chi connectivity index (χ1) is 17.1. The number of likely N-dealkylation sites (tertiary alicyclic amines) is 1. The van der Waals surface area contributed by atoms with Gasteiger partial charge < -0.3 is 26.5 Å². The molecule has 0 aromatic heterocycles. The average molecular weight is 514 g/mol. The van der Waals surface area contributed by atoms with Gasteiger partial charge in [0.15, 0.2) is 11.6 Å². The molecule has 0 radical (unpaired) electrons. The Morgan fingerprint density at radius 3 is 2.38 bits per heavy atom. The molecular weight excluding hydrogens is 478 g/mol. The Morgan fingerprint density at radius 1 is 1.08 bits per heavy atom. The number of piperidine rings is 1. The second kappa shape index (κ2) is 9.92. The summed E-state index contributed by atoms with van der Waals surface area (Å²) in [5.41, 5.74) is 6.66. The second-order valence-corrected chi connectivity index (χ2v) is 10.7. The number of likely N-dealkylation sites (N-methyl/N-ethyl adjacent to an activating group) is 1.